The van der Waals surface area contributed by atoms with Gasteiger partial charge in [-0.05, 0) is 31.9 Å². The average molecular weight is 465 g/mol. The van der Waals surface area contributed by atoms with Gasteiger partial charge in [-0.3, -0.25) is 14.6 Å². The number of carbonyl (C=O) groups is 1. The molecule has 0 aromatic heterocycles. The lowest BCUT2D eigenvalue weighted by atomic mass is 10.1. The summed E-state index contributed by atoms with van der Waals surface area (Å²) in [6.07, 6.45) is 1.26. The van der Waals surface area contributed by atoms with Crippen molar-refractivity contribution in [2.75, 3.05) is 65.4 Å². The lowest BCUT2D eigenvalue weighted by Gasteiger charge is -2.38. The highest BCUT2D eigenvalue weighted by atomic mass is 16.5. The van der Waals surface area contributed by atoms with Gasteiger partial charge >= 0.3 is 0 Å². The minimum absolute atomic E-state index is 0.168. The topological polar surface area (TPSA) is 39.3 Å². The van der Waals surface area contributed by atoms with Crippen LogP contribution in [0.15, 0.2) is 54.6 Å². The van der Waals surface area contributed by atoms with E-state index < -0.39 is 0 Å². The predicted octanol–water partition coefficient (Wildman–Crippen LogP) is 2.98. The zero-order valence-corrected chi connectivity index (χ0v) is 20.9. The molecule has 0 spiro atoms. The van der Waals surface area contributed by atoms with Gasteiger partial charge in [-0.2, -0.15) is 0 Å². The molecular weight excluding hydrogens is 424 g/mol. The molecule has 2 aliphatic heterocycles. The molecule has 0 bridgehead atoms. The van der Waals surface area contributed by atoms with E-state index in [0.29, 0.717) is 6.54 Å². The first kappa shape index (κ1) is 24.7. The van der Waals surface area contributed by atoms with Crippen molar-refractivity contribution in [3.63, 3.8) is 0 Å². The first-order valence-corrected chi connectivity index (χ1v) is 12.8. The van der Waals surface area contributed by atoms with Crippen LogP contribution in [0.25, 0.3) is 0 Å². The summed E-state index contributed by atoms with van der Waals surface area (Å²) < 4.78 is 5.98. The van der Waals surface area contributed by atoms with E-state index in [0.717, 1.165) is 77.6 Å². The van der Waals surface area contributed by atoms with Crippen molar-refractivity contribution >= 4 is 5.91 Å². The molecule has 6 heteroatoms. The van der Waals surface area contributed by atoms with Gasteiger partial charge in [0.2, 0.25) is 5.91 Å². The number of hydrogen-bond donors (Lipinski definition) is 0. The standard InChI is InChI=1S/C28H40N4O2/c1-24(2)34-27-11-7-6-10-26(27)22-30-18-20-32(21-19-30)28(33)23-31-16-14-29(15-17-31)13-12-25-8-4-3-5-9-25/h3-11,24H,12-23H2,1-2H3. The molecule has 2 aliphatic rings. The Kier molecular flexibility index (Phi) is 8.97. The molecule has 6 nitrogen and oxygen atoms in total. The minimum atomic E-state index is 0.168. The van der Waals surface area contributed by atoms with Gasteiger partial charge in [0.25, 0.3) is 0 Å². The number of hydrogen-bond acceptors (Lipinski definition) is 5. The number of benzene rings is 2. The van der Waals surface area contributed by atoms with Gasteiger partial charge in [-0.25, -0.2) is 0 Å². The van der Waals surface area contributed by atoms with E-state index in [4.69, 9.17) is 4.74 Å². The molecule has 2 aromatic rings. The summed E-state index contributed by atoms with van der Waals surface area (Å²) in [6.45, 7) is 14.1. The molecule has 0 aliphatic carbocycles. The SMILES string of the molecule is CC(C)Oc1ccccc1CN1CCN(C(=O)CN2CCN(CCc3ccccc3)CC2)CC1. The van der Waals surface area contributed by atoms with Gasteiger partial charge in [0, 0.05) is 71.0 Å². The minimum Gasteiger partial charge on any atom is -0.491 e. The van der Waals surface area contributed by atoms with Gasteiger partial charge in [0.1, 0.15) is 5.75 Å². The first-order valence-electron chi connectivity index (χ1n) is 12.8. The monoisotopic (exact) mass is 464 g/mol. The maximum atomic E-state index is 12.9. The highest BCUT2D eigenvalue weighted by Gasteiger charge is 2.25. The smallest absolute Gasteiger partial charge is 0.236 e. The molecule has 0 saturated carbocycles. The summed E-state index contributed by atoms with van der Waals surface area (Å²) in [6, 6.07) is 19.0. The van der Waals surface area contributed by atoms with Crippen LogP contribution < -0.4 is 4.74 Å². The van der Waals surface area contributed by atoms with E-state index in [1.54, 1.807) is 0 Å². The third kappa shape index (κ3) is 7.29. The normalized spacial score (nSPS) is 18.4. The van der Waals surface area contributed by atoms with Crippen LogP contribution in [0.2, 0.25) is 0 Å². The molecule has 2 fully saturated rings. The lowest BCUT2D eigenvalue weighted by molar-refractivity contribution is -0.134. The van der Waals surface area contributed by atoms with Gasteiger partial charge < -0.3 is 14.5 Å². The van der Waals surface area contributed by atoms with Crippen molar-refractivity contribution in [2.24, 2.45) is 0 Å². The van der Waals surface area contributed by atoms with Crippen LogP contribution in [0.4, 0.5) is 0 Å². The molecule has 184 valence electrons. The second kappa shape index (κ2) is 12.3. The fraction of sp³-hybridized carbons (Fsp3) is 0.536. The van der Waals surface area contributed by atoms with Crippen LogP contribution in [0.3, 0.4) is 0 Å². The van der Waals surface area contributed by atoms with Crippen LogP contribution in [0, 0.1) is 0 Å². The number of amides is 1. The van der Waals surface area contributed by atoms with E-state index in [-0.39, 0.29) is 12.0 Å². The highest BCUT2D eigenvalue weighted by molar-refractivity contribution is 5.78. The maximum Gasteiger partial charge on any atom is 0.236 e. The Labute approximate surface area is 205 Å². The number of nitrogens with zero attached hydrogens (tertiary/aromatic N) is 4. The third-order valence-electron chi connectivity index (χ3n) is 6.84. The van der Waals surface area contributed by atoms with Gasteiger partial charge in [0.15, 0.2) is 0 Å². The van der Waals surface area contributed by atoms with Gasteiger partial charge in [0.05, 0.1) is 12.6 Å². The van der Waals surface area contributed by atoms with E-state index >= 15 is 0 Å². The average Bonchev–Trinajstić information content (AvgIpc) is 2.85. The quantitative estimate of drug-likeness (QED) is 0.571. The van der Waals surface area contributed by atoms with Crippen molar-refractivity contribution in [2.45, 2.75) is 32.9 Å². The molecule has 2 saturated heterocycles. The number of para-hydroxylation sites is 1. The Morgan fingerprint density at radius 1 is 0.794 bits per heavy atom. The lowest BCUT2D eigenvalue weighted by Crippen LogP contribution is -2.53. The van der Waals surface area contributed by atoms with Gasteiger partial charge in [-0.15, -0.1) is 0 Å². The number of rotatable bonds is 9. The van der Waals surface area contributed by atoms with Crippen LogP contribution in [-0.2, 0) is 17.8 Å². The Balaban J connectivity index is 1.16. The molecule has 34 heavy (non-hydrogen) atoms. The molecule has 0 atom stereocenters. The second-order valence-corrected chi connectivity index (χ2v) is 9.78. The molecule has 1 amide bonds. The Morgan fingerprint density at radius 3 is 2.12 bits per heavy atom. The largest absolute Gasteiger partial charge is 0.491 e. The van der Waals surface area contributed by atoms with Crippen LogP contribution in [0.5, 0.6) is 5.75 Å². The van der Waals surface area contributed by atoms with E-state index in [1.807, 2.05) is 6.07 Å². The van der Waals surface area contributed by atoms with Gasteiger partial charge in [-0.1, -0.05) is 48.5 Å². The summed E-state index contributed by atoms with van der Waals surface area (Å²) >= 11 is 0. The number of ether oxygens (including phenoxy) is 1. The van der Waals surface area contributed by atoms with E-state index in [2.05, 4.69) is 82.0 Å². The van der Waals surface area contributed by atoms with Crippen molar-refractivity contribution in [3.8, 4) is 5.75 Å². The van der Waals surface area contributed by atoms with Crippen molar-refractivity contribution in [1.29, 1.82) is 0 Å². The second-order valence-electron chi connectivity index (χ2n) is 9.78. The molecule has 4 rings (SSSR count). The van der Waals surface area contributed by atoms with Crippen LogP contribution in [0.1, 0.15) is 25.0 Å². The number of piperazine rings is 2. The predicted molar refractivity (Wildman–Crippen MR) is 137 cm³/mol. The fourth-order valence-corrected chi connectivity index (χ4v) is 4.79. The molecule has 0 unspecified atom stereocenters. The first-order chi connectivity index (χ1) is 16.6. The molecule has 2 aromatic carbocycles. The zero-order chi connectivity index (χ0) is 23.8. The van der Waals surface area contributed by atoms with Crippen molar-refractivity contribution < 1.29 is 9.53 Å². The summed E-state index contributed by atoms with van der Waals surface area (Å²) in [4.78, 5) is 22.3. The summed E-state index contributed by atoms with van der Waals surface area (Å²) in [7, 11) is 0. The zero-order valence-electron chi connectivity index (χ0n) is 20.9. The summed E-state index contributed by atoms with van der Waals surface area (Å²) in [5, 5.41) is 0. The van der Waals surface area contributed by atoms with Crippen molar-refractivity contribution in [1.82, 2.24) is 19.6 Å². The molecular formula is C28H40N4O2. The molecule has 0 N–H and O–H groups in total. The maximum absolute atomic E-state index is 12.9. The molecule has 2 heterocycles. The summed E-state index contributed by atoms with van der Waals surface area (Å²) in [5.74, 6) is 1.25. The Morgan fingerprint density at radius 2 is 1.41 bits per heavy atom. The van der Waals surface area contributed by atoms with Crippen LogP contribution in [-0.4, -0.2) is 97.1 Å². The van der Waals surface area contributed by atoms with Crippen molar-refractivity contribution in [3.05, 3.63) is 65.7 Å². The number of carbonyl (C=O) groups excluding carboxylic acids is 1. The third-order valence-corrected chi connectivity index (χ3v) is 6.84. The highest BCUT2D eigenvalue weighted by Crippen LogP contribution is 2.22. The fourth-order valence-electron chi connectivity index (χ4n) is 4.79. The Bertz CT molecular complexity index is 888. The summed E-state index contributed by atoms with van der Waals surface area (Å²) in [5.41, 5.74) is 2.62. The van der Waals surface area contributed by atoms with Crippen LogP contribution >= 0.6 is 0 Å². The van der Waals surface area contributed by atoms with E-state index in [1.165, 1.54) is 11.1 Å². The Hall–Kier alpha value is -2.41. The van der Waals surface area contributed by atoms with E-state index in [9.17, 15) is 4.79 Å². The molecule has 0 radical (unpaired) electrons.